The maximum absolute atomic E-state index is 13.2. The molecule has 0 bridgehead atoms. The van der Waals surface area contributed by atoms with Crippen LogP contribution in [-0.2, 0) is 13.0 Å². The van der Waals surface area contributed by atoms with Gasteiger partial charge in [0.05, 0.1) is 6.61 Å². The van der Waals surface area contributed by atoms with Crippen LogP contribution in [-0.4, -0.2) is 23.9 Å². The Hall–Kier alpha value is -1.91. The molecular formula is C18H20FNO2. The van der Waals surface area contributed by atoms with Gasteiger partial charge >= 0.3 is 0 Å². The molecule has 1 atom stereocenters. The fourth-order valence-corrected chi connectivity index (χ4v) is 2.81. The minimum absolute atomic E-state index is 0.0639. The number of aliphatic hydroxyl groups is 1. The lowest BCUT2D eigenvalue weighted by Gasteiger charge is -2.37. The molecule has 0 saturated heterocycles. The number of hydrogen-bond donors (Lipinski definition) is 2. The lowest BCUT2D eigenvalue weighted by molar-refractivity contribution is -0.00708. The summed E-state index contributed by atoms with van der Waals surface area (Å²) in [6.07, 6.45) is 1.38. The molecular weight excluding hydrogens is 281 g/mol. The van der Waals surface area contributed by atoms with E-state index in [9.17, 15) is 9.50 Å². The number of rotatable bonds is 5. The predicted octanol–water partition coefficient (Wildman–Crippen LogP) is 2.67. The molecule has 0 radical (unpaired) electrons. The van der Waals surface area contributed by atoms with E-state index in [0.717, 1.165) is 12.1 Å². The average molecular weight is 301 g/mol. The second-order valence-electron chi connectivity index (χ2n) is 5.78. The van der Waals surface area contributed by atoms with E-state index in [1.807, 2.05) is 18.2 Å². The molecule has 0 fully saturated rings. The van der Waals surface area contributed by atoms with Gasteiger partial charge in [0, 0.05) is 13.1 Å². The lowest BCUT2D eigenvalue weighted by Crippen LogP contribution is -2.50. The van der Waals surface area contributed by atoms with E-state index in [-0.39, 0.29) is 12.4 Å². The Kier molecular flexibility index (Phi) is 4.41. The number of benzene rings is 2. The van der Waals surface area contributed by atoms with Crippen LogP contribution in [0, 0.1) is 5.82 Å². The molecule has 0 spiro atoms. The van der Waals surface area contributed by atoms with E-state index in [1.165, 1.54) is 17.7 Å². The van der Waals surface area contributed by atoms with Gasteiger partial charge in [-0.2, -0.15) is 0 Å². The molecule has 3 rings (SSSR count). The number of ether oxygens (including phenoxy) is 1. The zero-order valence-corrected chi connectivity index (χ0v) is 12.4. The molecule has 1 aliphatic heterocycles. The van der Waals surface area contributed by atoms with Gasteiger partial charge in [-0.1, -0.05) is 30.3 Å². The van der Waals surface area contributed by atoms with Crippen LogP contribution in [0.3, 0.4) is 0 Å². The van der Waals surface area contributed by atoms with Gasteiger partial charge in [0.15, 0.2) is 0 Å². The van der Waals surface area contributed by atoms with E-state index >= 15 is 0 Å². The lowest BCUT2D eigenvalue weighted by atomic mass is 9.91. The number of aliphatic hydroxyl groups excluding tert-OH is 1. The highest BCUT2D eigenvalue weighted by Gasteiger charge is 2.35. The van der Waals surface area contributed by atoms with Crippen molar-refractivity contribution in [2.75, 3.05) is 13.2 Å². The zero-order chi connectivity index (χ0) is 15.4. The Morgan fingerprint density at radius 3 is 2.77 bits per heavy atom. The molecule has 0 amide bonds. The summed E-state index contributed by atoms with van der Waals surface area (Å²) >= 11 is 0. The molecule has 22 heavy (non-hydrogen) atoms. The van der Waals surface area contributed by atoms with Crippen LogP contribution in [0.2, 0.25) is 0 Å². The van der Waals surface area contributed by atoms with Crippen LogP contribution < -0.4 is 10.1 Å². The van der Waals surface area contributed by atoms with Gasteiger partial charge in [-0.05, 0) is 42.2 Å². The SMILES string of the molecule is OCC1(CNCc2ccccc2)CCc2cc(F)ccc2O1. The van der Waals surface area contributed by atoms with Crippen molar-refractivity contribution >= 4 is 0 Å². The van der Waals surface area contributed by atoms with Crippen molar-refractivity contribution in [3.8, 4) is 5.75 Å². The van der Waals surface area contributed by atoms with Gasteiger partial charge in [-0.25, -0.2) is 4.39 Å². The van der Waals surface area contributed by atoms with Crippen molar-refractivity contribution in [2.45, 2.75) is 25.0 Å². The largest absolute Gasteiger partial charge is 0.483 e. The van der Waals surface area contributed by atoms with Crippen molar-refractivity contribution < 1.29 is 14.2 Å². The average Bonchev–Trinajstić information content (AvgIpc) is 2.56. The minimum atomic E-state index is -0.639. The highest BCUT2D eigenvalue weighted by molar-refractivity contribution is 5.37. The predicted molar refractivity (Wildman–Crippen MR) is 83.3 cm³/mol. The first kappa shape index (κ1) is 15.0. The highest BCUT2D eigenvalue weighted by Crippen LogP contribution is 2.33. The quantitative estimate of drug-likeness (QED) is 0.892. The van der Waals surface area contributed by atoms with Gasteiger partial charge in [-0.3, -0.25) is 0 Å². The van der Waals surface area contributed by atoms with E-state index in [0.29, 0.717) is 25.1 Å². The summed E-state index contributed by atoms with van der Waals surface area (Å²) < 4.78 is 19.2. The number of aryl methyl sites for hydroxylation is 1. The molecule has 0 aliphatic carbocycles. The Balaban J connectivity index is 1.64. The Morgan fingerprint density at radius 1 is 1.18 bits per heavy atom. The van der Waals surface area contributed by atoms with Crippen molar-refractivity contribution in [3.63, 3.8) is 0 Å². The van der Waals surface area contributed by atoms with Crippen molar-refractivity contribution in [3.05, 3.63) is 65.5 Å². The molecule has 2 aromatic rings. The van der Waals surface area contributed by atoms with Crippen molar-refractivity contribution in [2.24, 2.45) is 0 Å². The monoisotopic (exact) mass is 301 g/mol. The summed E-state index contributed by atoms with van der Waals surface area (Å²) in [4.78, 5) is 0. The molecule has 3 nitrogen and oxygen atoms in total. The summed E-state index contributed by atoms with van der Waals surface area (Å²) in [6, 6.07) is 14.6. The molecule has 0 saturated carbocycles. The normalized spacial score (nSPS) is 20.3. The van der Waals surface area contributed by atoms with Gasteiger partial charge in [0.25, 0.3) is 0 Å². The maximum Gasteiger partial charge on any atom is 0.145 e. The Bertz CT molecular complexity index is 632. The van der Waals surface area contributed by atoms with E-state index < -0.39 is 5.60 Å². The van der Waals surface area contributed by atoms with Crippen LogP contribution in [0.4, 0.5) is 4.39 Å². The molecule has 1 unspecified atom stereocenters. The number of hydrogen-bond acceptors (Lipinski definition) is 3. The topological polar surface area (TPSA) is 41.5 Å². The first-order valence-electron chi connectivity index (χ1n) is 7.54. The van der Waals surface area contributed by atoms with Gasteiger partial charge in [0.1, 0.15) is 17.2 Å². The smallest absolute Gasteiger partial charge is 0.145 e. The fourth-order valence-electron chi connectivity index (χ4n) is 2.81. The number of halogens is 1. The van der Waals surface area contributed by atoms with Crippen LogP contribution in [0.5, 0.6) is 5.75 Å². The molecule has 4 heteroatoms. The second-order valence-corrected chi connectivity index (χ2v) is 5.78. The molecule has 2 aromatic carbocycles. The summed E-state index contributed by atoms with van der Waals surface area (Å²) in [5.74, 6) is 0.421. The van der Waals surface area contributed by atoms with Gasteiger partial charge in [0.2, 0.25) is 0 Å². The Labute approximate surface area is 129 Å². The molecule has 2 N–H and O–H groups in total. The Morgan fingerprint density at radius 2 is 2.00 bits per heavy atom. The second kappa shape index (κ2) is 6.46. The fraction of sp³-hybridized carbons (Fsp3) is 0.333. The van der Waals surface area contributed by atoms with Gasteiger partial charge < -0.3 is 15.2 Å². The van der Waals surface area contributed by atoms with Crippen LogP contribution in [0.15, 0.2) is 48.5 Å². The molecule has 116 valence electrons. The highest BCUT2D eigenvalue weighted by atomic mass is 19.1. The standard InChI is InChI=1S/C18H20FNO2/c19-16-6-7-17-15(10-16)8-9-18(13-21,22-17)12-20-11-14-4-2-1-3-5-14/h1-7,10,20-21H,8-9,11-13H2. The first-order valence-corrected chi connectivity index (χ1v) is 7.54. The third-order valence-corrected chi connectivity index (χ3v) is 4.11. The summed E-state index contributed by atoms with van der Waals surface area (Å²) in [7, 11) is 0. The third-order valence-electron chi connectivity index (χ3n) is 4.11. The van der Waals surface area contributed by atoms with E-state index in [2.05, 4.69) is 17.4 Å². The first-order chi connectivity index (χ1) is 10.7. The van der Waals surface area contributed by atoms with Gasteiger partial charge in [-0.15, -0.1) is 0 Å². The van der Waals surface area contributed by atoms with E-state index in [1.54, 1.807) is 6.07 Å². The van der Waals surface area contributed by atoms with Crippen molar-refractivity contribution in [1.82, 2.24) is 5.32 Å². The van der Waals surface area contributed by atoms with Crippen molar-refractivity contribution in [1.29, 1.82) is 0 Å². The summed E-state index contributed by atoms with van der Waals surface area (Å²) in [6.45, 7) is 1.21. The van der Waals surface area contributed by atoms with Crippen LogP contribution >= 0.6 is 0 Å². The third kappa shape index (κ3) is 3.29. The number of nitrogens with one attached hydrogen (secondary N) is 1. The molecule has 1 heterocycles. The summed E-state index contributed by atoms with van der Waals surface area (Å²) in [5, 5.41) is 13.1. The maximum atomic E-state index is 13.2. The minimum Gasteiger partial charge on any atom is -0.483 e. The zero-order valence-electron chi connectivity index (χ0n) is 12.4. The number of fused-ring (bicyclic) bond motifs is 1. The molecule has 0 aromatic heterocycles. The summed E-state index contributed by atoms with van der Waals surface area (Å²) in [5.41, 5.74) is 1.42. The van der Waals surface area contributed by atoms with Crippen LogP contribution in [0.1, 0.15) is 17.5 Å². The molecule has 1 aliphatic rings. The van der Waals surface area contributed by atoms with E-state index in [4.69, 9.17) is 4.74 Å². The van der Waals surface area contributed by atoms with Crippen LogP contribution in [0.25, 0.3) is 0 Å².